The number of nitrogens with one attached hydrogen (secondary N) is 2. The lowest BCUT2D eigenvalue weighted by Gasteiger charge is -2.36. The zero-order valence-corrected chi connectivity index (χ0v) is 69.2. The number of fused-ring (bicyclic) bond motifs is 24. The highest BCUT2D eigenvalue weighted by Crippen LogP contribution is 2.59. The molecular weight excluding hydrogens is 1560 g/mol. The van der Waals surface area contributed by atoms with Gasteiger partial charge >= 0.3 is 0 Å². The molecule has 0 saturated carbocycles. The number of piperidine rings is 8. The Morgan fingerprint density at radius 1 is 0.188 bits per heavy atom. The van der Waals surface area contributed by atoms with Crippen LogP contribution < -0.4 is 39.2 Å². The molecular formula is C88H90Cl8N16. The third kappa shape index (κ3) is 12.1. The van der Waals surface area contributed by atoms with Crippen molar-refractivity contribution in [3.8, 4) is 45.6 Å². The Morgan fingerprint density at radius 3 is 0.491 bits per heavy atom. The van der Waals surface area contributed by atoms with E-state index in [4.69, 9.17) is 123 Å². The number of hydrogen-bond donors (Lipinski definition) is 2. The lowest BCUT2D eigenvalue weighted by Crippen LogP contribution is -2.32. The Labute approximate surface area is 692 Å². The van der Waals surface area contributed by atoms with Gasteiger partial charge in [-0.05, 0) is 203 Å². The van der Waals surface area contributed by atoms with Crippen molar-refractivity contribution in [1.29, 1.82) is 0 Å². The predicted molar refractivity (Wildman–Crippen MR) is 475 cm³/mol. The molecule has 13 heterocycles. The summed E-state index contributed by atoms with van der Waals surface area (Å²) in [6.07, 6.45) is 25.3. The first-order chi connectivity index (χ1) is 54.9. The molecule has 8 saturated heterocycles. The van der Waals surface area contributed by atoms with E-state index < -0.39 is 0 Å². The number of rotatable bonds is 8. The summed E-state index contributed by atoms with van der Waals surface area (Å²) in [7, 11) is 0. The summed E-state index contributed by atoms with van der Waals surface area (Å²) in [5.41, 5.74) is 14.4. The fourth-order valence-electron chi connectivity index (χ4n) is 21.1. The maximum atomic E-state index is 7.47. The molecule has 8 fully saturated rings. The number of anilines is 8. The van der Waals surface area contributed by atoms with Gasteiger partial charge in [0, 0.05) is 148 Å². The van der Waals surface area contributed by atoms with Crippen LogP contribution in [-0.2, 0) is 0 Å². The topological polar surface area (TPSA) is 135 Å². The van der Waals surface area contributed by atoms with E-state index in [1.807, 2.05) is 0 Å². The summed E-state index contributed by atoms with van der Waals surface area (Å²) in [4.78, 5) is 66.8. The average Bonchev–Trinajstić information content (AvgIpc) is 1.52. The number of aromatic nitrogens is 8. The second kappa shape index (κ2) is 29.6. The minimum Gasteiger partial charge on any atom is -0.370 e. The number of aromatic amines is 2. The van der Waals surface area contributed by atoms with Crippen molar-refractivity contribution >= 4 is 226 Å². The standard InChI is InChI=1S/C88H90Cl8N16/c89-57-41-49-50(42-58(57)90)74(106-27-11-2-12-28-106)66-65(73(49)105-25-9-1-10-26-105)81-97-82(66)102-84-69-70(78(110-35-19-6-20-36-110)54-46-62(94)61(93)45-53(54)77(69)109-33-17-5-18-34-109)86(99-84)104-88-72-71(79(111-37-21-7-22-38-111)55-47-63(95)64(96)48-56(55)80(72)112-39-23-8-24-40-112)87(100-88)103-85-68-67(83(98-85)101-81)75(107-29-13-3-14-30-107)51-43-59(91)60(92)44-52(51)76(68)108-31-15-4-16-32-108/h41-48H,1-40H2,(H2,97,98,99,100,101,102,103,104). The number of H-pyrrole nitrogens is 2. The number of nitrogens with zero attached hydrogens (tertiary/aromatic N) is 14. The quantitative estimate of drug-likeness (QED) is 0.149. The molecule has 0 aliphatic carbocycles. The molecule has 10 aliphatic rings. The average molecular weight is 1660 g/mol. The zero-order valence-electron chi connectivity index (χ0n) is 63.2. The van der Waals surface area contributed by atoms with Gasteiger partial charge < -0.3 is 49.2 Å². The Bertz CT molecular complexity index is 5190. The Balaban J connectivity index is 1.04. The molecule has 112 heavy (non-hydrogen) atoms. The predicted octanol–water partition coefficient (Wildman–Crippen LogP) is 24.6. The van der Waals surface area contributed by atoms with Gasteiger partial charge in [0.05, 0.1) is 129 Å². The summed E-state index contributed by atoms with van der Waals surface area (Å²) >= 11 is 59.7. The third-order valence-electron chi connectivity index (χ3n) is 26.2. The number of halogens is 8. The maximum Gasteiger partial charge on any atom is 0.166 e. The summed E-state index contributed by atoms with van der Waals surface area (Å²) in [5, 5.41) is 15.8. The van der Waals surface area contributed by atoms with Gasteiger partial charge in [-0.25, -0.2) is 29.9 Å². The maximum absolute atomic E-state index is 7.47. The van der Waals surface area contributed by atoms with E-state index in [-0.39, 0.29) is 0 Å². The van der Waals surface area contributed by atoms with Crippen LogP contribution in [0.15, 0.2) is 48.5 Å². The third-order valence-corrected chi connectivity index (χ3v) is 29.1. The van der Waals surface area contributed by atoms with Gasteiger partial charge in [0.15, 0.2) is 23.3 Å². The largest absolute Gasteiger partial charge is 0.370 e. The van der Waals surface area contributed by atoms with Gasteiger partial charge in [0.2, 0.25) is 0 Å². The minimum absolute atomic E-state index is 0.494. The van der Waals surface area contributed by atoms with Crippen LogP contribution in [0.2, 0.25) is 40.2 Å². The number of benzene rings is 8. The van der Waals surface area contributed by atoms with Crippen LogP contribution in [0, 0.1) is 0 Å². The smallest absolute Gasteiger partial charge is 0.166 e. The van der Waals surface area contributed by atoms with E-state index in [0.29, 0.717) is 86.1 Å². The first kappa shape index (κ1) is 72.6. The normalized spacial score (nSPS) is 18.9. The van der Waals surface area contributed by atoms with E-state index in [1.54, 1.807) is 0 Å². The van der Waals surface area contributed by atoms with Crippen LogP contribution in [0.4, 0.5) is 45.5 Å². The first-order valence-electron chi connectivity index (χ1n) is 41.7. The van der Waals surface area contributed by atoms with Crippen molar-refractivity contribution in [2.75, 3.05) is 144 Å². The molecule has 2 N–H and O–H groups in total. The van der Waals surface area contributed by atoms with Gasteiger partial charge in [0.25, 0.3) is 0 Å². The molecule has 16 nitrogen and oxygen atoms in total. The van der Waals surface area contributed by atoms with Gasteiger partial charge in [-0.3, -0.25) is 0 Å². The van der Waals surface area contributed by atoms with Gasteiger partial charge in [-0.15, -0.1) is 0 Å². The molecule has 8 aromatic carbocycles. The Hall–Kier alpha value is -7.12. The molecule has 8 bridgehead atoms. The molecule has 0 spiro atoms. The van der Waals surface area contributed by atoms with Crippen molar-refractivity contribution in [2.45, 2.75) is 154 Å². The molecule has 578 valence electrons. The fraction of sp³-hybridized carbons (Fsp3) is 0.455. The van der Waals surface area contributed by atoms with Crippen LogP contribution in [0.3, 0.4) is 0 Å². The summed E-state index contributed by atoms with van der Waals surface area (Å²) in [5.74, 6) is 2.16. The van der Waals surface area contributed by atoms with E-state index >= 15 is 0 Å². The molecule has 0 amide bonds. The Kier molecular flexibility index (Phi) is 19.2. The highest BCUT2D eigenvalue weighted by atomic mass is 35.5. The van der Waals surface area contributed by atoms with Crippen LogP contribution >= 0.6 is 92.8 Å². The summed E-state index contributed by atoms with van der Waals surface area (Å²) in [6.45, 7) is 13.2. The number of hydrogen-bond acceptors (Lipinski definition) is 14. The molecule has 0 atom stereocenters. The molecule has 11 aromatic rings. The molecule has 0 unspecified atom stereocenters. The lowest BCUT2D eigenvalue weighted by atomic mass is 9.92. The fourth-order valence-corrected chi connectivity index (χ4v) is 22.4. The molecule has 24 heteroatoms. The van der Waals surface area contributed by atoms with Crippen LogP contribution in [0.1, 0.15) is 154 Å². The van der Waals surface area contributed by atoms with Crippen LogP contribution in [0.5, 0.6) is 0 Å². The van der Waals surface area contributed by atoms with Crippen molar-refractivity contribution in [2.24, 2.45) is 0 Å². The van der Waals surface area contributed by atoms with Gasteiger partial charge in [-0.1, -0.05) is 92.8 Å². The van der Waals surface area contributed by atoms with Crippen molar-refractivity contribution in [3.05, 3.63) is 88.7 Å². The second-order valence-corrected chi connectivity index (χ2v) is 36.3. The van der Waals surface area contributed by atoms with Crippen molar-refractivity contribution in [1.82, 2.24) is 39.9 Å². The molecule has 10 aliphatic heterocycles. The van der Waals surface area contributed by atoms with E-state index in [9.17, 15) is 0 Å². The van der Waals surface area contributed by atoms with E-state index in [1.165, 1.54) is 0 Å². The molecule has 21 rings (SSSR count). The second-order valence-electron chi connectivity index (χ2n) is 33.0. The van der Waals surface area contributed by atoms with Crippen LogP contribution in [-0.4, -0.2) is 145 Å². The molecule has 3 aromatic heterocycles. The monoisotopic (exact) mass is 1650 g/mol. The van der Waals surface area contributed by atoms with Crippen molar-refractivity contribution in [3.63, 3.8) is 0 Å². The van der Waals surface area contributed by atoms with E-state index in [2.05, 4.69) is 97.7 Å². The molecule has 0 radical (unpaired) electrons. The van der Waals surface area contributed by atoms with Gasteiger partial charge in [0.1, 0.15) is 22.6 Å². The van der Waals surface area contributed by atoms with E-state index in [0.717, 1.165) is 391 Å². The van der Waals surface area contributed by atoms with Gasteiger partial charge in [-0.2, -0.15) is 0 Å². The highest BCUT2D eigenvalue weighted by Gasteiger charge is 2.41. The zero-order chi connectivity index (χ0) is 75.3. The SMILES string of the molecule is Clc1cc2c(N3CCCCC3)c3c(c(N4CCCCC4)c2cc1Cl)-c1nc-3nc2[nH]c(nc3nc(nc4[nH]c(n1)c1c(N5CCCCC5)c5cc(Cl)c(Cl)cc5c(N5CCCCC5)c41)-c1c-3c(N3CCCCC3)c3cc(Cl)c(Cl)cc3c1N1CCCCC1)c1c(N3CCCCC3)c3cc(Cl)c(Cl)cc3c(N3CCCCC3)c21. The van der Waals surface area contributed by atoms with Crippen molar-refractivity contribution < 1.29 is 0 Å². The lowest BCUT2D eigenvalue weighted by molar-refractivity contribution is 0.577. The Morgan fingerprint density at radius 2 is 0.330 bits per heavy atom. The minimum atomic E-state index is 0.494. The highest BCUT2D eigenvalue weighted by molar-refractivity contribution is 6.46. The first-order valence-corrected chi connectivity index (χ1v) is 44.7. The summed E-state index contributed by atoms with van der Waals surface area (Å²) in [6, 6.07) is 17.0. The van der Waals surface area contributed by atoms with Crippen LogP contribution in [0.25, 0.3) is 133 Å². The summed E-state index contributed by atoms with van der Waals surface area (Å²) < 4.78 is 0.